The molecule has 8 atom stereocenters. The Morgan fingerprint density at radius 2 is 1.87 bits per heavy atom. The fourth-order valence-corrected chi connectivity index (χ4v) is 9.00. The lowest BCUT2D eigenvalue weighted by Crippen LogP contribution is -2.51. The van der Waals surface area contributed by atoms with Gasteiger partial charge in [-0.25, -0.2) is 0 Å². The maximum Gasteiger partial charge on any atom is 0.155 e. The van der Waals surface area contributed by atoms with Crippen molar-refractivity contribution in [2.24, 2.45) is 46.3 Å². The summed E-state index contributed by atoms with van der Waals surface area (Å²) in [7, 11) is 0. The molecule has 0 heterocycles. The van der Waals surface area contributed by atoms with Gasteiger partial charge in [0.1, 0.15) is 0 Å². The number of carbonyl (C=O) groups excluding carboxylic acids is 1. The number of rotatable bonds is 6. The smallest absolute Gasteiger partial charge is 0.155 e. The summed E-state index contributed by atoms with van der Waals surface area (Å²) < 4.78 is 0. The lowest BCUT2D eigenvalue weighted by atomic mass is 9.46. The standard InChI is InChI=1S/C29H46O/c1-7-21(19(2)3)9-8-20(4)25-12-13-26-24-11-10-22-18-23(30)14-16-28(22,5)27(24)15-17-29(25,26)6/h18,20-21,24-27H,2,7-17H2,1,3-6H3. The zero-order valence-electron chi connectivity index (χ0n) is 20.4. The molecule has 8 unspecified atom stereocenters. The van der Waals surface area contributed by atoms with E-state index >= 15 is 0 Å². The molecule has 1 nitrogen and oxygen atoms in total. The van der Waals surface area contributed by atoms with Gasteiger partial charge >= 0.3 is 0 Å². The highest BCUT2D eigenvalue weighted by Gasteiger charge is 2.59. The van der Waals surface area contributed by atoms with Crippen molar-refractivity contribution < 1.29 is 4.79 Å². The van der Waals surface area contributed by atoms with Crippen LogP contribution in [0.2, 0.25) is 0 Å². The molecule has 0 amide bonds. The quantitative estimate of drug-likeness (QED) is 0.404. The molecule has 4 rings (SSSR count). The molecule has 4 aliphatic rings. The van der Waals surface area contributed by atoms with Crippen molar-refractivity contribution in [1.29, 1.82) is 0 Å². The highest BCUT2D eigenvalue weighted by atomic mass is 16.1. The first-order chi connectivity index (χ1) is 14.2. The van der Waals surface area contributed by atoms with Gasteiger partial charge in [-0.3, -0.25) is 4.79 Å². The molecule has 0 aromatic rings. The van der Waals surface area contributed by atoms with Crippen LogP contribution < -0.4 is 0 Å². The summed E-state index contributed by atoms with van der Waals surface area (Å²) in [6, 6.07) is 0. The minimum Gasteiger partial charge on any atom is -0.295 e. The minimum absolute atomic E-state index is 0.317. The second kappa shape index (κ2) is 8.25. The zero-order valence-corrected chi connectivity index (χ0v) is 20.4. The molecule has 4 aliphatic carbocycles. The summed E-state index contributed by atoms with van der Waals surface area (Å²) in [5.41, 5.74) is 3.76. The van der Waals surface area contributed by atoms with Crippen molar-refractivity contribution in [2.45, 2.75) is 105 Å². The van der Waals surface area contributed by atoms with Crippen LogP contribution in [0, 0.1) is 46.3 Å². The molecule has 0 radical (unpaired) electrons. The van der Waals surface area contributed by atoms with E-state index < -0.39 is 0 Å². The van der Waals surface area contributed by atoms with Gasteiger partial charge in [0.05, 0.1) is 0 Å². The van der Waals surface area contributed by atoms with Gasteiger partial charge in [-0.2, -0.15) is 0 Å². The Balaban J connectivity index is 1.48. The highest BCUT2D eigenvalue weighted by Crippen LogP contribution is 2.67. The molecule has 168 valence electrons. The molecule has 30 heavy (non-hydrogen) atoms. The van der Waals surface area contributed by atoms with Gasteiger partial charge in [-0.1, -0.05) is 45.4 Å². The third kappa shape index (κ3) is 3.57. The van der Waals surface area contributed by atoms with Gasteiger partial charge in [0.25, 0.3) is 0 Å². The fourth-order valence-electron chi connectivity index (χ4n) is 9.00. The second-order valence-corrected chi connectivity index (χ2v) is 12.2. The van der Waals surface area contributed by atoms with Gasteiger partial charge < -0.3 is 0 Å². The Morgan fingerprint density at radius 3 is 2.57 bits per heavy atom. The number of allylic oxidation sites excluding steroid dienone is 2. The van der Waals surface area contributed by atoms with Crippen molar-refractivity contribution in [3.63, 3.8) is 0 Å². The van der Waals surface area contributed by atoms with Crippen molar-refractivity contribution >= 4 is 5.78 Å². The van der Waals surface area contributed by atoms with E-state index in [0.717, 1.165) is 42.4 Å². The predicted molar refractivity (Wildman–Crippen MR) is 127 cm³/mol. The molecule has 3 saturated carbocycles. The van der Waals surface area contributed by atoms with Crippen LogP contribution in [0.25, 0.3) is 0 Å². The lowest BCUT2D eigenvalue weighted by Gasteiger charge is -2.58. The van der Waals surface area contributed by atoms with Crippen LogP contribution in [0.4, 0.5) is 0 Å². The molecule has 0 N–H and O–H groups in total. The van der Waals surface area contributed by atoms with Crippen molar-refractivity contribution in [2.75, 3.05) is 0 Å². The zero-order chi connectivity index (χ0) is 21.7. The van der Waals surface area contributed by atoms with Crippen LogP contribution >= 0.6 is 0 Å². The lowest BCUT2D eigenvalue weighted by molar-refractivity contribution is -0.117. The Hall–Kier alpha value is -0.850. The summed E-state index contributed by atoms with van der Waals surface area (Å²) in [4.78, 5) is 12.1. The maximum absolute atomic E-state index is 12.1. The van der Waals surface area contributed by atoms with Gasteiger partial charge in [0.2, 0.25) is 0 Å². The van der Waals surface area contributed by atoms with Crippen LogP contribution in [0.1, 0.15) is 105 Å². The van der Waals surface area contributed by atoms with Crippen LogP contribution in [-0.4, -0.2) is 5.78 Å². The average molecular weight is 411 g/mol. The molecule has 0 saturated heterocycles. The number of fused-ring (bicyclic) bond motifs is 5. The fraction of sp³-hybridized carbons (Fsp3) is 0.828. The van der Waals surface area contributed by atoms with Crippen molar-refractivity contribution in [3.05, 3.63) is 23.8 Å². The largest absolute Gasteiger partial charge is 0.295 e. The Morgan fingerprint density at radius 1 is 1.10 bits per heavy atom. The van der Waals surface area contributed by atoms with Crippen LogP contribution in [0.15, 0.2) is 23.8 Å². The van der Waals surface area contributed by atoms with Crippen molar-refractivity contribution in [1.82, 2.24) is 0 Å². The Labute approximate surface area is 186 Å². The summed E-state index contributed by atoms with van der Waals surface area (Å²) >= 11 is 0. The first-order valence-corrected chi connectivity index (χ1v) is 13.1. The number of carbonyl (C=O) groups is 1. The maximum atomic E-state index is 12.1. The summed E-state index contributed by atoms with van der Waals surface area (Å²) in [6.07, 6.45) is 16.1. The first kappa shape index (κ1) is 22.3. The van der Waals surface area contributed by atoms with E-state index in [0.29, 0.717) is 22.5 Å². The van der Waals surface area contributed by atoms with Crippen LogP contribution in [0.3, 0.4) is 0 Å². The molecule has 3 fully saturated rings. The van der Waals surface area contributed by atoms with E-state index in [1.807, 2.05) is 0 Å². The normalized spacial score (nSPS) is 42.6. The van der Waals surface area contributed by atoms with E-state index in [1.165, 1.54) is 68.9 Å². The van der Waals surface area contributed by atoms with Gasteiger partial charge in [0.15, 0.2) is 5.78 Å². The van der Waals surface area contributed by atoms with Gasteiger partial charge in [0, 0.05) is 6.42 Å². The first-order valence-electron chi connectivity index (χ1n) is 13.1. The minimum atomic E-state index is 0.317. The summed E-state index contributed by atoms with van der Waals surface area (Å²) in [6.45, 7) is 16.5. The predicted octanol–water partition coefficient (Wildman–Crippen LogP) is 8.15. The van der Waals surface area contributed by atoms with Crippen molar-refractivity contribution in [3.8, 4) is 0 Å². The van der Waals surface area contributed by atoms with Crippen LogP contribution in [-0.2, 0) is 4.79 Å². The average Bonchev–Trinajstić information content (AvgIpc) is 3.06. The highest BCUT2D eigenvalue weighted by molar-refractivity contribution is 5.91. The monoisotopic (exact) mass is 410 g/mol. The van der Waals surface area contributed by atoms with Gasteiger partial charge in [-0.05, 0) is 124 Å². The molecular formula is C29H46O. The van der Waals surface area contributed by atoms with E-state index in [4.69, 9.17) is 0 Å². The van der Waals surface area contributed by atoms with E-state index in [-0.39, 0.29) is 0 Å². The van der Waals surface area contributed by atoms with E-state index in [9.17, 15) is 4.79 Å². The summed E-state index contributed by atoms with van der Waals surface area (Å²) in [5, 5.41) is 0. The topological polar surface area (TPSA) is 17.1 Å². The SMILES string of the molecule is C=C(C)C(CC)CCC(C)C1CCC2C3CCC4=CC(=O)CCC4(C)C3CCC12C. The van der Waals surface area contributed by atoms with Crippen LogP contribution in [0.5, 0.6) is 0 Å². The number of hydrogen-bond donors (Lipinski definition) is 0. The summed E-state index contributed by atoms with van der Waals surface area (Å²) in [5.74, 6) is 5.49. The molecule has 0 spiro atoms. The molecular weight excluding hydrogens is 364 g/mol. The molecule has 0 aromatic carbocycles. The second-order valence-electron chi connectivity index (χ2n) is 12.2. The number of hydrogen-bond acceptors (Lipinski definition) is 1. The van der Waals surface area contributed by atoms with E-state index in [2.05, 4.69) is 47.3 Å². The molecule has 0 aromatic heterocycles. The Bertz CT molecular complexity index is 716. The number of ketones is 1. The molecule has 0 aliphatic heterocycles. The molecule has 1 heteroatoms. The Kier molecular flexibility index (Phi) is 6.15. The third-order valence-corrected chi connectivity index (χ3v) is 10.9. The van der Waals surface area contributed by atoms with E-state index in [1.54, 1.807) is 0 Å². The van der Waals surface area contributed by atoms with Gasteiger partial charge in [-0.15, -0.1) is 0 Å². The molecule has 0 bridgehead atoms. The third-order valence-electron chi connectivity index (χ3n) is 10.9.